The number of rotatable bonds is 1. The van der Waals surface area contributed by atoms with Crippen LogP contribution in [-0.4, -0.2) is 35.8 Å². The van der Waals surface area contributed by atoms with Crippen molar-refractivity contribution in [1.82, 2.24) is 10.4 Å². The predicted molar refractivity (Wildman–Crippen MR) is 60.3 cm³/mol. The van der Waals surface area contributed by atoms with Crippen LogP contribution in [0, 0.1) is 5.92 Å². The van der Waals surface area contributed by atoms with Crippen LogP contribution in [0.4, 0.5) is 4.79 Å². The minimum Gasteiger partial charge on any atom is -0.465 e. The van der Waals surface area contributed by atoms with Crippen LogP contribution in [0.2, 0.25) is 0 Å². The molecule has 0 spiro atoms. The maximum absolute atomic E-state index is 11.1. The highest BCUT2D eigenvalue weighted by Gasteiger charge is 2.53. The molecule has 2 saturated heterocycles. The number of likely N-dealkylation sites (tertiary alicyclic amines) is 1. The summed E-state index contributed by atoms with van der Waals surface area (Å²) in [5, 5.41) is 9.09. The number of fused-ring (bicyclic) bond motifs is 1. The van der Waals surface area contributed by atoms with Crippen molar-refractivity contribution < 1.29 is 14.7 Å². The Labute approximate surface area is 98.9 Å². The number of benzene rings is 1. The van der Waals surface area contributed by atoms with Gasteiger partial charge < -0.3 is 14.8 Å². The highest BCUT2D eigenvalue weighted by molar-refractivity contribution is 5.66. The molecule has 1 amide bonds. The fourth-order valence-corrected chi connectivity index (χ4v) is 2.77. The minimum absolute atomic E-state index is 0.181. The fraction of sp³-hybridized carbons (Fsp3) is 0.417. The number of nitrogens with zero attached hydrogens (tertiary/aromatic N) is 1. The molecule has 3 rings (SSSR count). The van der Waals surface area contributed by atoms with Gasteiger partial charge in [-0.15, -0.1) is 0 Å². The molecule has 0 aromatic heterocycles. The quantitative estimate of drug-likeness (QED) is 0.761. The van der Waals surface area contributed by atoms with Crippen LogP contribution in [-0.2, 0) is 10.4 Å². The third kappa shape index (κ3) is 1.50. The monoisotopic (exact) mass is 234 g/mol. The summed E-state index contributed by atoms with van der Waals surface area (Å²) in [6.45, 7) is 1.52. The molecule has 2 heterocycles. The van der Waals surface area contributed by atoms with E-state index in [4.69, 9.17) is 9.94 Å². The summed E-state index contributed by atoms with van der Waals surface area (Å²) in [4.78, 5) is 17.8. The van der Waals surface area contributed by atoms with E-state index in [-0.39, 0.29) is 11.5 Å². The molecule has 2 aliphatic rings. The Morgan fingerprint density at radius 3 is 2.94 bits per heavy atom. The van der Waals surface area contributed by atoms with E-state index in [9.17, 15) is 4.79 Å². The summed E-state index contributed by atoms with van der Waals surface area (Å²) >= 11 is 0. The summed E-state index contributed by atoms with van der Waals surface area (Å²) in [5.41, 5.74) is 3.74. The van der Waals surface area contributed by atoms with Gasteiger partial charge in [0.2, 0.25) is 0 Å². The van der Waals surface area contributed by atoms with Gasteiger partial charge in [0, 0.05) is 19.0 Å². The molecule has 0 aliphatic carbocycles. The summed E-state index contributed by atoms with van der Waals surface area (Å²) in [5.74, 6) is 0.181. The van der Waals surface area contributed by atoms with E-state index in [2.05, 4.69) is 5.48 Å². The zero-order valence-corrected chi connectivity index (χ0v) is 9.30. The van der Waals surface area contributed by atoms with Gasteiger partial charge in [0.05, 0.1) is 12.1 Å². The number of hydroxylamine groups is 1. The van der Waals surface area contributed by atoms with Crippen LogP contribution in [0.15, 0.2) is 30.3 Å². The highest BCUT2D eigenvalue weighted by atomic mass is 16.7. The first kappa shape index (κ1) is 10.6. The lowest BCUT2D eigenvalue weighted by Crippen LogP contribution is -2.43. The van der Waals surface area contributed by atoms with Crippen molar-refractivity contribution in [1.29, 1.82) is 0 Å². The van der Waals surface area contributed by atoms with Crippen molar-refractivity contribution in [2.75, 3.05) is 19.7 Å². The number of nitrogens with one attached hydrogen (secondary N) is 1. The van der Waals surface area contributed by atoms with Crippen molar-refractivity contribution in [2.24, 2.45) is 5.92 Å². The molecule has 17 heavy (non-hydrogen) atoms. The van der Waals surface area contributed by atoms with Crippen molar-refractivity contribution >= 4 is 6.09 Å². The third-order valence-corrected chi connectivity index (χ3v) is 3.68. The van der Waals surface area contributed by atoms with Crippen LogP contribution in [0.25, 0.3) is 0 Å². The van der Waals surface area contributed by atoms with E-state index in [1.807, 2.05) is 30.3 Å². The van der Waals surface area contributed by atoms with Gasteiger partial charge in [-0.1, -0.05) is 30.3 Å². The Bertz CT molecular complexity index is 437. The molecule has 1 aromatic rings. The second kappa shape index (κ2) is 3.72. The Hall–Kier alpha value is -1.59. The second-order valence-corrected chi connectivity index (χ2v) is 4.61. The van der Waals surface area contributed by atoms with Crippen LogP contribution < -0.4 is 5.48 Å². The molecule has 0 radical (unpaired) electrons. The van der Waals surface area contributed by atoms with Crippen LogP contribution in [0.5, 0.6) is 0 Å². The summed E-state index contributed by atoms with van der Waals surface area (Å²) < 4.78 is 0. The molecule has 0 bridgehead atoms. The standard InChI is InChI=1S/C12H14N2O3/c15-11(16)14-6-10-7-17-13-12(10,8-14)9-4-2-1-3-5-9/h1-5,10,13H,6-8H2,(H,15,16). The molecule has 90 valence electrons. The third-order valence-electron chi connectivity index (χ3n) is 3.68. The Morgan fingerprint density at radius 2 is 2.24 bits per heavy atom. The highest BCUT2D eigenvalue weighted by Crippen LogP contribution is 2.40. The first-order valence-electron chi connectivity index (χ1n) is 5.65. The number of carboxylic acid groups (broad SMARTS) is 1. The Morgan fingerprint density at radius 1 is 1.47 bits per heavy atom. The molecule has 5 nitrogen and oxygen atoms in total. The van der Waals surface area contributed by atoms with Crippen molar-refractivity contribution in [2.45, 2.75) is 5.54 Å². The van der Waals surface area contributed by atoms with E-state index in [1.165, 1.54) is 4.90 Å². The average molecular weight is 234 g/mol. The minimum atomic E-state index is -0.864. The number of hydrogen-bond donors (Lipinski definition) is 2. The van der Waals surface area contributed by atoms with Gasteiger partial charge in [0.15, 0.2) is 0 Å². The van der Waals surface area contributed by atoms with Gasteiger partial charge >= 0.3 is 6.09 Å². The van der Waals surface area contributed by atoms with Crippen molar-refractivity contribution in [3.05, 3.63) is 35.9 Å². The normalized spacial score (nSPS) is 31.5. The predicted octanol–water partition coefficient (Wildman–Crippen LogP) is 1.03. The van der Waals surface area contributed by atoms with E-state index >= 15 is 0 Å². The lowest BCUT2D eigenvalue weighted by molar-refractivity contribution is 0.0477. The molecule has 2 atom stereocenters. The SMILES string of the molecule is O=C(O)N1CC2CONC2(c2ccccc2)C1. The molecule has 5 heteroatoms. The zero-order chi connectivity index (χ0) is 11.9. The number of amides is 1. The van der Waals surface area contributed by atoms with E-state index in [0.29, 0.717) is 19.7 Å². The van der Waals surface area contributed by atoms with E-state index in [0.717, 1.165) is 5.56 Å². The van der Waals surface area contributed by atoms with Gasteiger partial charge in [0.25, 0.3) is 0 Å². The van der Waals surface area contributed by atoms with E-state index in [1.54, 1.807) is 0 Å². The van der Waals surface area contributed by atoms with Gasteiger partial charge in [-0.3, -0.25) is 0 Å². The molecular formula is C12H14N2O3. The number of hydrogen-bond acceptors (Lipinski definition) is 3. The van der Waals surface area contributed by atoms with E-state index < -0.39 is 6.09 Å². The van der Waals surface area contributed by atoms with Gasteiger partial charge in [-0.05, 0) is 5.56 Å². The topological polar surface area (TPSA) is 61.8 Å². The first-order valence-corrected chi connectivity index (χ1v) is 5.65. The summed E-state index contributed by atoms with van der Waals surface area (Å²) in [7, 11) is 0. The van der Waals surface area contributed by atoms with Crippen molar-refractivity contribution in [3.63, 3.8) is 0 Å². The molecule has 0 saturated carbocycles. The van der Waals surface area contributed by atoms with Crippen LogP contribution >= 0.6 is 0 Å². The first-order chi connectivity index (χ1) is 8.22. The largest absolute Gasteiger partial charge is 0.465 e. The molecular weight excluding hydrogens is 220 g/mol. The van der Waals surface area contributed by atoms with Crippen molar-refractivity contribution in [3.8, 4) is 0 Å². The summed E-state index contributed by atoms with van der Waals surface area (Å²) in [6, 6.07) is 9.91. The maximum Gasteiger partial charge on any atom is 0.407 e. The zero-order valence-electron chi connectivity index (χ0n) is 9.30. The Balaban J connectivity index is 1.97. The van der Waals surface area contributed by atoms with Gasteiger partial charge in [-0.25, -0.2) is 4.79 Å². The second-order valence-electron chi connectivity index (χ2n) is 4.61. The fourth-order valence-electron chi connectivity index (χ4n) is 2.77. The molecule has 1 aromatic carbocycles. The maximum atomic E-state index is 11.1. The van der Waals surface area contributed by atoms with Gasteiger partial charge in [0.1, 0.15) is 0 Å². The lowest BCUT2D eigenvalue weighted by atomic mass is 9.83. The number of carbonyl (C=O) groups is 1. The lowest BCUT2D eigenvalue weighted by Gasteiger charge is -2.27. The Kier molecular flexibility index (Phi) is 2.31. The molecule has 2 fully saturated rings. The van der Waals surface area contributed by atoms with Crippen LogP contribution in [0.1, 0.15) is 5.56 Å². The molecule has 2 aliphatic heterocycles. The molecule has 2 unspecified atom stereocenters. The summed E-state index contributed by atoms with van der Waals surface area (Å²) in [6.07, 6.45) is -0.864. The smallest absolute Gasteiger partial charge is 0.407 e. The molecule has 2 N–H and O–H groups in total. The van der Waals surface area contributed by atoms with Crippen LogP contribution in [0.3, 0.4) is 0 Å². The van der Waals surface area contributed by atoms with Gasteiger partial charge in [-0.2, -0.15) is 5.48 Å². The average Bonchev–Trinajstić information content (AvgIpc) is 2.87.